The second kappa shape index (κ2) is 7.95. The van der Waals surface area contributed by atoms with Crippen molar-refractivity contribution in [3.8, 4) is 17.2 Å². The van der Waals surface area contributed by atoms with Gasteiger partial charge in [-0.1, -0.05) is 19.9 Å². The van der Waals surface area contributed by atoms with Crippen molar-refractivity contribution in [3.63, 3.8) is 0 Å². The van der Waals surface area contributed by atoms with Gasteiger partial charge in [0, 0.05) is 18.8 Å². The van der Waals surface area contributed by atoms with Gasteiger partial charge >= 0.3 is 0 Å². The first-order valence-electron chi connectivity index (χ1n) is 12.4. The van der Waals surface area contributed by atoms with Crippen molar-refractivity contribution in [1.29, 1.82) is 0 Å². The lowest BCUT2D eigenvalue weighted by molar-refractivity contribution is 0.0798. The number of fused-ring (bicyclic) bond motifs is 5. The van der Waals surface area contributed by atoms with Gasteiger partial charge in [0.05, 0.1) is 39.4 Å². The Labute approximate surface area is 213 Å². The highest BCUT2D eigenvalue weighted by atomic mass is 19.1. The van der Waals surface area contributed by atoms with Crippen LogP contribution in [0.15, 0.2) is 48.8 Å². The average molecular weight is 503 g/mol. The van der Waals surface area contributed by atoms with Gasteiger partial charge in [0.25, 0.3) is 5.95 Å². The van der Waals surface area contributed by atoms with Crippen LogP contribution in [0.3, 0.4) is 0 Å². The third-order valence-electron chi connectivity index (χ3n) is 8.14. The second-order valence-corrected chi connectivity index (χ2v) is 11.3. The van der Waals surface area contributed by atoms with Crippen molar-refractivity contribution < 1.29 is 13.9 Å². The van der Waals surface area contributed by atoms with Crippen molar-refractivity contribution in [2.45, 2.75) is 63.9 Å². The summed E-state index contributed by atoms with van der Waals surface area (Å²) in [5.74, 6) is -0.738. The van der Waals surface area contributed by atoms with Crippen LogP contribution >= 0.6 is 0 Å². The summed E-state index contributed by atoms with van der Waals surface area (Å²) >= 11 is 0. The molecule has 0 aliphatic heterocycles. The number of halogens is 2. The Balaban J connectivity index is 1.44. The summed E-state index contributed by atoms with van der Waals surface area (Å²) in [6.45, 7) is 7.89. The fourth-order valence-corrected chi connectivity index (χ4v) is 6.46. The van der Waals surface area contributed by atoms with Gasteiger partial charge < -0.3 is 5.11 Å². The summed E-state index contributed by atoms with van der Waals surface area (Å²) in [5.41, 5.74) is 1.74. The third kappa shape index (κ3) is 3.51. The zero-order valence-electron chi connectivity index (χ0n) is 21.2. The summed E-state index contributed by atoms with van der Waals surface area (Å²) < 4.78 is 30.7. The molecule has 3 aromatic heterocycles. The minimum atomic E-state index is -0.875. The number of hydrogen-bond donors (Lipinski definition) is 1. The van der Waals surface area contributed by atoms with E-state index in [1.807, 2.05) is 12.1 Å². The summed E-state index contributed by atoms with van der Waals surface area (Å²) in [5, 5.41) is 23.6. The van der Waals surface area contributed by atoms with Crippen LogP contribution < -0.4 is 0 Å². The standard InChI is InChI=1S/C28H28F2N6O/c1-26(2,37)15-16-10-13-36(35-16)25-31-12-9-22(32-25)28-11-8-18(27(28,3)4)17-14-21(33-34-24(17)28)23-19(29)6-5-7-20(23)30/h5-7,9-10,12-14,18,37H,8,11,15H2,1-4H3/t18-,28+/m0/s1. The highest BCUT2D eigenvalue weighted by Gasteiger charge is 2.65. The van der Waals surface area contributed by atoms with E-state index in [2.05, 4.69) is 34.1 Å². The number of aliphatic hydroxyl groups is 1. The molecule has 2 aliphatic carbocycles. The Morgan fingerprint density at radius 1 is 1.11 bits per heavy atom. The molecule has 0 spiro atoms. The molecule has 2 atom stereocenters. The first kappa shape index (κ1) is 23.8. The Kier molecular flexibility index (Phi) is 5.11. The topological polar surface area (TPSA) is 89.6 Å². The molecule has 1 N–H and O–H groups in total. The summed E-state index contributed by atoms with van der Waals surface area (Å²) in [4.78, 5) is 9.40. The van der Waals surface area contributed by atoms with Crippen LogP contribution in [0, 0.1) is 17.0 Å². The van der Waals surface area contributed by atoms with Crippen molar-refractivity contribution >= 4 is 0 Å². The first-order chi connectivity index (χ1) is 17.5. The normalized spacial score (nSPS) is 21.9. The maximum absolute atomic E-state index is 14.5. The molecule has 7 nitrogen and oxygen atoms in total. The molecule has 6 rings (SSSR count). The van der Waals surface area contributed by atoms with E-state index in [4.69, 9.17) is 4.98 Å². The predicted molar refractivity (Wildman–Crippen MR) is 133 cm³/mol. The van der Waals surface area contributed by atoms with Gasteiger partial charge in [0.1, 0.15) is 11.6 Å². The van der Waals surface area contributed by atoms with Crippen molar-refractivity contribution in [2.75, 3.05) is 0 Å². The molecule has 2 bridgehead atoms. The SMILES string of the molecule is CC(C)(O)Cc1ccn(-c2nccc([C@]34CC[C@@H](c5cc(-c6c(F)cccc6F)nnc53)C4(C)C)n2)n1. The quantitative estimate of drug-likeness (QED) is 0.417. The summed E-state index contributed by atoms with van der Waals surface area (Å²) in [7, 11) is 0. The Morgan fingerprint density at radius 3 is 2.59 bits per heavy atom. The number of benzene rings is 1. The highest BCUT2D eigenvalue weighted by molar-refractivity contribution is 5.64. The zero-order valence-corrected chi connectivity index (χ0v) is 21.2. The van der Waals surface area contributed by atoms with Crippen molar-refractivity contribution in [2.24, 2.45) is 5.41 Å². The van der Waals surface area contributed by atoms with Gasteiger partial charge in [-0.25, -0.2) is 23.4 Å². The van der Waals surface area contributed by atoms with Gasteiger partial charge in [0.15, 0.2) is 0 Å². The van der Waals surface area contributed by atoms with Crippen LogP contribution in [0.5, 0.6) is 0 Å². The molecule has 1 fully saturated rings. The fourth-order valence-electron chi connectivity index (χ4n) is 6.46. The highest BCUT2D eigenvalue weighted by Crippen LogP contribution is 2.69. The fraction of sp³-hybridized carbons (Fsp3) is 0.393. The molecule has 0 saturated heterocycles. The second-order valence-electron chi connectivity index (χ2n) is 11.3. The van der Waals surface area contributed by atoms with Gasteiger partial charge in [-0.3, -0.25) is 0 Å². The van der Waals surface area contributed by atoms with E-state index in [9.17, 15) is 13.9 Å². The minimum Gasteiger partial charge on any atom is -0.390 e. The maximum Gasteiger partial charge on any atom is 0.250 e. The minimum absolute atomic E-state index is 0.146. The van der Waals surface area contributed by atoms with Crippen LogP contribution in [-0.2, 0) is 11.8 Å². The van der Waals surface area contributed by atoms with Crippen molar-refractivity contribution in [3.05, 3.63) is 83.1 Å². The van der Waals surface area contributed by atoms with E-state index in [0.29, 0.717) is 12.4 Å². The lowest BCUT2D eigenvalue weighted by atomic mass is 9.66. The van der Waals surface area contributed by atoms with Crippen LogP contribution in [0.2, 0.25) is 0 Å². The molecule has 9 heteroatoms. The summed E-state index contributed by atoms with van der Waals surface area (Å²) in [6, 6.07) is 9.37. The van der Waals surface area contributed by atoms with E-state index >= 15 is 0 Å². The van der Waals surface area contributed by atoms with Gasteiger partial charge in [-0.05, 0) is 73.9 Å². The number of nitrogens with zero attached hydrogens (tertiary/aromatic N) is 6. The molecule has 3 heterocycles. The lowest BCUT2D eigenvalue weighted by Crippen LogP contribution is -2.38. The Bertz CT molecular complexity index is 1510. The van der Waals surface area contributed by atoms with Gasteiger partial charge in [0.2, 0.25) is 0 Å². The number of rotatable bonds is 5. The summed E-state index contributed by atoms with van der Waals surface area (Å²) in [6.07, 6.45) is 5.66. The molecular formula is C28H28F2N6O. The van der Waals surface area contributed by atoms with Gasteiger partial charge in [-0.2, -0.15) is 10.2 Å². The van der Waals surface area contributed by atoms with E-state index in [0.717, 1.165) is 35.5 Å². The molecule has 0 radical (unpaired) electrons. The van der Waals surface area contributed by atoms with Crippen molar-refractivity contribution in [1.82, 2.24) is 29.9 Å². The van der Waals surface area contributed by atoms with Crippen LogP contribution in [0.4, 0.5) is 8.78 Å². The molecule has 4 aromatic rings. The average Bonchev–Trinajstić information content (AvgIpc) is 3.45. The smallest absolute Gasteiger partial charge is 0.250 e. The molecule has 0 amide bonds. The Hall–Kier alpha value is -3.59. The Morgan fingerprint density at radius 2 is 1.86 bits per heavy atom. The molecule has 37 heavy (non-hydrogen) atoms. The molecule has 1 aromatic carbocycles. The van der Waals surface area contributed by atoms with Crippen LogP contribution in [-0.4, -0.2) is 40.7 Å². The predicted octanol–water partition coefficient (Wildman–Crippen LogP) is 4.91. The largest absolute Gasteiger partial charge is 0.390 e. The maximum atomic E-state index is 14.5. The zero-order chi connectivity index (χ0) is 26.2. The third-order valence-corrected chi connectivity index (χ3v) is 8.14. The molecular weight excluding hydrogens is 474 g/mol. The van der Waals surface area contributed by atoms with E-state index in [1.54, 1.807) is 37.0 Å². The molecule has 190 valence electrons. The lowest BCUT2D eigenvalue weighted by Gasteiger charge is -2.37. The number of aromatic nitrogens is 6. The number of hydrogen-bond acceptors (Lipinski definition) is 6. The molecule has 2 aliphatic rings. The van der Waals surface area contributed by atoms with E-state index < -0.39 is 22.7 Å². The molecule has 0 unspecified atom stereocenters. The van der Waals surface area contributed by atoms with Crippen LogP contribution in [0.25, 0.3) is 17.2 Å². The molecule has 1 saturated carbocycles. The van der Waals surface area contributed by atoms with E-state index in [1.165, 1.54) is 18.2 Å². The van der Waals surface area contributed by atoms with Gasteiger partial charge in [-0.15, -0.1) is 5.10 Å². The van der Waals surface area contributed by atoms with Crippen LogP contribution in [0.1, 0.15) is 69.1 Å². The monoisotopic (exact) mass is 502 g/mol. The first-order valence-corrected chi connectivity index (χ1v) is 12.4. The van der Waals surface area contributed by atoms with E-state index in [-0.39, 0.29) is 22.6 Å².